The SMILES string of the molecule is C[C@H](O)C(=O)C1=Nc2c(nc(N)[nH]c2=O)NC1.C[C@H](O)C(=O)c1cnc2nc(N)[nH]c(=O)c2n1. The van der Waals surface area contributed by atoms with Gasteiger partial charge in [-0.2, -0.15) is 9.97 Å². The predicted molar refractivity (Wildman–Crippen MR) is 120 cm³/mol. The Morgan fingerprint density at radius 2 is 1.59 bits per heavy atom. The lowest BCUT2D eigenvalue weighted by Gasteiger charge is -2.16. The number of nitrogens with zero attached hydrogens (tertiary/aromatic N) is 5. The number of hydrogen-bond acceptors (Lipinski definition) is 14. The molecule has 0 spiro atoms. The fourth-order valence-corrected chi connectivity index (χ4v) is 2.70. The minimum atomic E-state index is -1.21. The lowest BCUT2D eigenvalue weighted by molar-refractivity contribution is -0.119. The van der Waals surface area contributed by atoms with E-state index < -0.39 is 34.9 Å². The molecule has 1 aliphatic rings. The van der Waals surface area contributed by atoms with Crippen molar-refractivity contribution in [2.45, 2.75) is 26.1 Å². The minimum Gasteiger partial charge on any atom is -0.385 e. The van der Waals surface area contributed by atoms with Crippen molar-refractivity contribution in [1.82, 2.24) is 29.9 Å². The maximum atomic E-state index is 11.5. The molecule has 1 aliphatic heterocycles. The number of anilines is 3. The van der Waals surface area contributed by atoms with E-state index >= 15 is 0 Å². The van der Waals surface area contributed by atoms with Crippen LogP contribution in [0, 0.1) is 0 Å². The molecular formula is C18H20N10O6. The standard InChI is InChI=1S/C9H11N5O3.C9H9N5O3/c2*1-3(15)6(16)4-2-11-7-5(12-4)8(17)14-9(10)13-7/h3,15H,2H2,1H3,(H4,10,11,13,14,17);2-3,15H,1H3,(H3,10,11,13,14,17)/t2*3-/m00/s1. The fraction of sp³-hybridized carbons (Fsp3) is 0.278. The summed E-state index contributed by atoms with van der Waals surface area (Å²) in [6, 6.07) is 0. The first kappa shape index (κ1) is 24.1. The molecule has 0 amide bonds. The second kappa shape index (κ2) is 9.51. The van der Waals surface area contributed by atoms with Crippen molar-refractivity contribution in [3.8, 4) is 0 Å². The number of hydrogen-bond donors (Lipinski definition) is 7. The van der Waals surface area contributed by atoms with Gasteiger partial charge < -0.3 is 27.0 Å². The average Bonchev–Trinajstić information content (AvgIpc) is 2.77. The molecule has 9 N–H and O–H groups in total. The van der Waals surface area contributed by atoms with Crippen LogP contribution in [0.3, 0.4) is 0 Å². The highest BCUT2D eigenvalue weighted by Crippen LogP contribution is 2.21. The van der Waals surface area contributed by atoms with Crippen molar-refractivity contribution in [2.75, 3.05) is 23.3 Å². The van der Waals surface area contributed by atoms with E-state index in [1.807, 2.05) is 0 Å². The molecule has 2 atom stereocenters. The van der Waals surface area contributed by atoms with E-state index in [2.05, 4.69) is 40.2 Å². The summed E-state index contributed by atoms with van der Waals surface area (Å²) in [6.45, 7) is 2.75. The third-order valence-corrected chi connectivity index (χ3v) is 4.32. The van der Waals surface area contributed by atoms with Crippen molar-refractivity contribution in [3.05, 3.63) is 32.6 Å². The van der Waals surface area contributed by atoms with Crippen molar-refractivity contribution in [3.63, 3.8) is 0 Å². The van der Waals surface area contributed by atoms with Gasteiger partial charge in [0.1, 0.15) is 23.6 Å². The first-order valence-electron chi connectivity index (χ1n) is 9.66. The molecule has 0 saturated heterocycles. The topological polar surface area (TPSA) is 268 Å². The molecule has 4 heterocycles. The molecule has 0 bridgehead atoms. The second-order valence-corrected chi connectivity index (χ2v) is 7.02. The monoisotopic (exact) mass is 472 g/mol. The Kier molecular flexibility index (Phi) is 6.73. The Bertz CT molecular complexity index is 1420. The molecule has 16 nitrogen and oxygen atoms in total. The van der Waals surface area contributed by atoms with Crippen molar-refractivity contribution in [1.29, 1.82) is 0 Å². The Morgan fingerprint density at radius 3 is 2.24 bits per heavy atom. The van der Waals surface area contributed by atoms with Crippen molar-refractivity contribution >= 4 is 51.8 Å². The summed E-state index contributed by atoms with van der Waals surface area (Å²) in [5.41, 5.74) is 9.52. The molecule has 16 heteroatoms. The molecule has 0 unspecified atom stereocenters. The van der Waals surface area contributed by atoms with Crippen LogP contribution in [-0.2, 0) is 4.79 Å². The lowest BCUT2D eigenvalue weighted by atomic mass is 10.1. The highest BCUT2D eigenvalue weighted by molar-refractivity contribution is 6.43. The number of nitrogens with two attached hydrogens (primary N) is 2. The summed E-state index contributed by atoms with van der Waals surface area (Å²) >= 11 is 0. The van der Waals surface area contributed by atoms with E-state index in [0.717, 1.165) is 6.20 Å². The number of fused-ring (bicyclic) bond motifs is 2. The lowest BCUT2D eigenvalue weighted by Crippen LogP contribution is -2.34. The number of rotatable bonds is 4. The van der Waals surface area contributed by atoms with Gasteiger partial charge in [-0.3, -0.25) is 29.1 Å². The molecule has 0 fully saturated rings. The number of H-pyrrole nitrogens is 2. The summed E-state index contributed by atoms with van der Waals surface area (Å²) in [5.74, 6) is -1.02. The number of carbonyl (C=O) groups is 2. The van der Waals surface area contributed by atoms with Gasteiger partial charge in [-0.25, -0.2) is 15.0 Å². The number of ketones is 2. The fourth-order valence-electron chi connectivity index (χ4n) is 2.70. The quantitative estimate of drug-likeness (QED) is 0.196. The Labute approximate surface area is 189 Å². The summed E-state index contributed by atoms with van der Waals surface area (Å²) in [7, 11) is 0. The third kappa shape index (κ3) is 5.08. The van der Waals surface area contributed by atoms with Crippen LogP contribution in [0.1, 0.15) is 24.3 Å². The van der Waals surface area contributed by atoms with Crippen LogP contribution >= 0.6 is 0 Å². The zero-order chi connectivity index (χ0) is 25.2. The van der Waals surface area contributed by atoms with Crippen LogP contribution in [0.4, 0.5) is 23.4 Å². The number of aromatic nitrogens is 6. The van der Waals surface area contributed by atoms with E-state index in [1.165, 1.54) is 13.8 Å². The maximum absolute atomic E-state index is 11.5. The molecule has 3 aromatic rings. The molecule has 0 aromatic carbocycles. The first-order valence-corrected chi connectivity index (χ1v) is 9.66. The van der Waals surface area contributed by atoms with E-state index in [1.54, 1.807) is 0 Å². The molecule has 4 rings (SSSR count). The Balaban J connectivity index is 0.000000191. The highest BCUT2D eigenvalue weighted by Gasteiger charge is 2.23. The summed E-state index contributed by atoms with van der Waals surface area (Å²) < 4.78 is 0. The van der Waals surface area contributed by atoms with Gasteiger partial charge >= 0.3 is 0 Å². The maximum Gasteiger partial charge on any atom is 0.280 e. The Hall–Kier alpha value is -4.57. The molecule has 3 aromatic heterocycles. The van der Waals surface area contributed by atoms with E-state index in [9.17, 15) is 19.2 Å². The predicted octanol–water partition coefficient (Wildman–Crippen LogP) is -2.34. The van der Waals surface area contributed by atoms with E-state index in [4.69, 9.17) is 21.7 Å². The van der Waals surface area contributed by atoms with Gasteiger partial charge in [0.05, 0.1) is 12.7 Å². The van der Waals surface area contributed by atoms with Gasteiger partial charge in [0.25, 0.3) is 11.1 Å². The van der Waals surface area contributed by atoms with Crippen molar-refractivity contribution < 1.29 is 19.8 Å². The number of aliphatic hydroxyl groups excluding tert-OH is 2. The van der Waals surface area contributed by atoms with E-state index in [0.29, 0.717) is 0 Å². The van der Waals surface area contributed by atoms with Gasteiger partial charge in [-0.05, 0) is 13.8 Å². The zero-order valence-corrected chi connectivity index (χ0v) is 17.9. The number of aliphatic imine (C=N–C) groups is 1. The molecule has 34 heavy (non-hydrogen) atoms. The molecule has 0 aliphatic carbocycles. The minimum absolute atomic E-state index is 0.00514. The van der Waals surface area contributed by atoms with Crippen LogP contribution < -0.4 is 27.9 Å². The van der Waals surface area contributed by atoms with E-state index in [-0.39, 0.29) is 52.5 Å². The smallest absolute Gasteiger partial charge is 0.280 e. The van der Waals surface area contributed by atoms with Crippen LogP contribution in [0.2, 0.25) is 0 Å². The summed E-state index contributed by atoms with van der Waals surface area (Å²) in [4.78, 5) is 69.6. The zero-order valence-electron chi connectivity index (χ0n) is 17.9. The van der Waals surface area contributed by atoms with Crippen LogP contribution in [0.25, 0.3) is 11.2 Å². The average molecular weight is 472 g/mol. The van der Waals surface area contributed by atoms with Crippen LogP contribution in [0.15, 0.2) is 20.8 Å². The number of nitrogen functional groups attached to an aromatic ring is 2. The number of aromatic amines is 2. The molecule has 0 saturated carbocycles. The third-order valence-electron chi connectivity index (χ3n) is 4.32. The first-order chi connectivity index (χ1) is 16.0. The normalized spacial score (nSPS) is 14.1. The molecule has 178 valence electrons. The highest BCUT2D eigenvalue weighted by atomic mass is 16.3. The van der Waals surface area contributed by atoms with Gasteiger partial charge in [0.15, 0.2) is 22.7 Å². The number of carbonyl (C=O) groups excluding carboxylic acids is 2. The molecule has 0 radical (unpaired) electrons. The van der Waals surface area contributed by atoms with Crippen LogP contribution in [0.5, 0.6) is 0 Å². The van der Waals surface area contributed by atoms with Crippen molar-refractivity contribution in [2.24, 2.45) is 4.99 Å². The second-order valence-electron chi connectivity index (χ2n) is 7.02. The number of nitrogens with one attached hydrogen (secondary N) is 3. The molecular weight excluding hydrogens is 452 g/mol. The van der Waals surface area contributed by atoms with Gasteiger partial charge in [0, 0.05) is 0 Å². The summed E-state index contributed by atoms with van der Waals surface area (Å²) in [5, 5.41) is 21.0. The van der Waals surface area contributed by atoms with Gasteiger partial charge in [-0.1, -0.05) is 0 Å². The number of aliphatic hydroxyl groups is 2. The largest absolute Gasteiger partial charge is 0.385 e. The van der Waals surface area contributed by atoms with Gasteiger partial charge in [-0.15, -0.1) is 0 Å². The summed E-state index contributed by atoms with van der Waals surface area (Å²) in [6.07, 6.45) is -1.22. The van der Waals surface area contributed by atoms with Gasteiger partial charge in [0.2, 0.25) is 23.5 Å². The Morgan fingerprint density at radius 1 is 0.971 bits per heavy atom. The van der Waals surface area contributed by atoms with Crippen LogP contribution in [-0.4, -0.2) is 76.1 Å². The number of Topliss-reactive ketones (excluding diaryl/α,β-unsaturated/α-hetero) is 2.